The molecule has 16 heteroatoms. The summed E-state index contributed by atoms with van der Waals surface area (Å²) in [6.07, 6.45) is 5.93. The van der Waals surface area contributed by atoms with Gasteiger partial charge in [0.15, 0.2) is 11.8 Å². The Bertz CT molecular complexity index is 2290. The number of carbonyl (C=O) groups excluding carboxylic acids is 3. The van der Waals surface area contributed by atoms with Gasteiger partial charge in [-0.3, -0.25) is 14.4 Å². The van der Waals surface area contributed by atoms with E-state index in [1.807, 2.05) is 107 Å². The van der Waals surface area contributed by atoms with Crippen LogP contribution in [0.4, 0.5) is 0 Å². The third-order valence-corrected chi connectivity index (χ3v) is 14.0. The molecular weight excluding hydrogens is 925 g/mol. The van der Waals surface area contributed by atoms with Crippen LogP contribution in [-0.2, 0) is 43.3 Å². The molecule has 14 nitrogen and oxygen atoms in total. The summed E-state index contributed by atoms with van der Waals surface area (Å²) in [6.45, 7) is 27.5. The van der Waals surface area contributed by atoms with Crippen molar-refractivity contribution in [3.63, 3.8) is 0 Å². The van der Waals surface area contributed by atoms with Crippen molar-refractivity contribution in [3.8, 4) is 11.5 Å². The van der Waals surface area contributed by atoms with Gasteiger partial charge in [-0.1, -0.05) is 73.4 Å². The first-order valence-electron chi connectivity index (χ1n) is 23.8. The lowest BCUT2D eigenvalue weighted by Gasteiger charge is -2.32. The van der Waals surface area contributed by atoms with Crippen LogP contribution in [-0.4, -0.2) is 90.7 Å². The fourth-order valence-corrected chi connectivity index (χ4v) is 9.33. The molecule has 1 amide bonds. The Labute approximate surface area is 419 Å². The number of carbonyl (C=O) groups is 3. The maximum Gasteiger partial charge on any atom is 0.309 e. The number of ether oxygens (including phenoxy) is 4. The molecule has 2 aromatic carbocycles. The third-order valence-electron chi connectivity index (χ3n) is 13.2. The minimum absolute atomic E-state index is 0.00874. The minimum atomic E-state index is -0.672. The molecule has 2 aliphatic carbocycles. The van der Waals surface area contributed by atoms with Crippen LogP contribution in [0.1, 0.15) is 149 Å². The van der Waals surface area contributed by atoms with E-state index in [2.05, 4.69) is 16.9 Å². The third kappa shape index (κ3) is 14.2. The van der Waals surface area contributed by atoms with Crippen LogP contribution >= 0.6 is 23.2 Å². The summed E-state index contributed by atoms with van der Waals surface area (Å²) in [6, 6.07) is 7.51. The van der Waals surface area contributed by atoms with E-state index in [4.69, 9.17) is 61.6 Å². The summed E-state index contributed by atoms with van der Waals surface area (Å²) >= 11 is 12.6. The number of amides is 1. The first-order chi connectivity index (χ1) is 32.0. The van der Waals surface area contributed by atoms with Crippen molar-refractivity contribution in [1.29, 1.82) is 0 Å². The zero-order valence-electron chi connectivity index (χ0n) is 43.5. The molecule has 0 N–H and O–H groups in total. The Morgan fingerprint density at radius 3 is 1.70 bits per heavy atom. The number of methoxy groups -OCH3 is 2. The summed E-state index contributed by atoms with van der Waals surface area (Å²) in [7, 11) is 4.69. The molecule has 0 bridgehead atoms. The second-order valence-corrected chi connectivity index (χ2v) is 23.1. The summed E-state index contributed by atoms with van der Waals surface area (Å²) in [5.41, 5.74) is 4.14. The average molecular weight is 1000 g/mol. The number of likely N-dealkylation sites (tertiary alicyclic amines) is 1. The standard InChI is InChI=1S/C22H31ClN2O5.C20H26ClNO4.C11H18O2/c1-13-8-18(27-6)15(9-16(13)23)17-10-22(30-24-17)11-19(29-28-7)25(12-22)20(26)14(2)21(3,4)5;1-12-8-17(24-5)14(9-15(12)21)16-11-20(26-22-16)7-6-13(10-20)18(23)25-19(2,3)4;1-8-5-6-9(7-8)10(12)13-11(2,3)4/h8-9,14,19H,10-12H2,1-7H3;8-9,13H,6-7,10-11H2,1-5H3;9H,1,5-7H2,2-4H3/t14-,19-,22-;13-,20-;9-/m100/s1. The Hall–Kier alpha value is -4.37. The smallest absolute Gasteiger partial charge is 0.309 e. The van der Waals surface area contributed by atoms with Crippen LogP contribution in [0.25, 0.3) is 0 Å². The van der Waals surface area contributed by atoms with Gasteiger partial charge in [0.1, 0.15) is 28.3 Å². The highest BCUT2D eigenvalue weighted by Crippen LogP contribution is 2.46. The molecule has 0 aromatic heterocycles. The number of esters is 2. The molecule has 69 heavy (non-hydrogen) atoms. The Balaban J connectivity index is 0.000000207. The van der Waals surface area contributed by atoms with E-state index in [9.17, 15) is 14.4 Å². The monoisotopic (exact) mass is 999 g/mol. The summed E-state index contributed by atoms with van der Waals surface area (Å²) in [5.74, 6) is 0.941. The van der Waals surface area contributed by atoms with Crippen LogP contribution in [0.5, 0.6) is 11.5 Å². The predicted octanol–water partition coefficient (Wildman–Crippen LogP) is 11.7. The lowest BCUT2D eigenvalue weighted by Crippen LogP contribution is -2.44. The number of benzene rings is 2. The summed E-state index contributed by atoms with van der Waals surface area (Å²) in [5, 5.41) is 9.97. The molecule has 6 atom stereocenters. The number of hydrogen-bond acceptors (Lipinski definition) is 13. The fourth-order valence-electron chi connectivity index (χ4n) is 9.00. The van der Waals surface area contributed by atoms with Crippen molar-refractivity contribution >= 4 is 52.5 Å². The number of hydrogen-bond donors (Lipinski definition) is 0. The molecule has 3 fully saturated rings. The van der Waals surface area contributed by atoms with E-state index < -0.39 is 23.0 Å². The second-order valence-electron chi connectivity index (χ2n) is 22.3. The van der Waals surface area contributed by atoms with E-state index in [1.54, 1.807) is 19.1 Å². The van der Waals surface area contributed by atoms with Gasteiger partial charge in [-0.25, -0.2) is 9.78 Å². The van der Waals surface area contributed by atoms with Crippen molar-refractivity contribution in [2.24, 2.45) is 33.5 Å². The van der Waals surface area contributed by atoms with Crippen molar-refractivity contribution in [3.05, 3.63) is 68.7 Å². The first-order valence-corrected chi connectivity index (χ1v) is 24.6. The summed E-state index contributed by atoms with van der Waals surface area (Å²) < 4.78 is 21.8. The normalized spacial score (nSPS) is 24.6. The van der Waals surface area contributed by atoms with Gasteiger partial charge in [0.2, 0.25) is 5.91 Å². The minimum Gasteiger partial charge on any atom is -0.496 e. The van der Waals surface area contributed by atoms with E-state index in [1.165, 1.54) is 12.7 Å². The maximum absolute atomic E-state index is 13.2. The van der Waals surface area contributed by atoms with Gasteiger partial charge in [0, 0.05) is 52.8 Å². The molecule has 0 unspecified atom stereocenters. The Morgan fingerprint density at radius 2 is 1.25 bits per heavy atom. The molecular formula is C53H75Cl2N3O11. The zero-order chi connectivity index (χ0) is 51.4. The molecule has 7 rings (SSSR count). The number of rotatable bonds is 9. The highest BCUT2D eigenvalue weighted by atomic mass is 35.5. The molecule has 2 spiro atoms. The second kappa shape index (κ2) is 22.0. The van der Waals surface area contributed by atoms with E-state index in [-0.39, 0.29) is 46.6 Å². The van der Waals surface area contributed by atoms with Crippen LogP contribution in [0, 0.1) is 37.0 Å². The zero-order valence-corrected chi connectivity index (χ0v) is 45.0. The summed E-state index contributed by atoms with van der Waals surface area (Å²) in [4.78, 5) is 61.0. The molecule has 3 aliphatic heterocycles. The number of oxime groups is 2. The van der Waals surface area contributed by atoms with Crippen molar-refractivity contribution in [2.75, 3.05) is 27.9 Å². The lowest BCUT2D eigenvalue weighted by molar-refractivity contribution is -0.326. The van der Waals surface area contributed by atoms with Gasteiger partial charge in [-0.15, -0.1) is 0 Å². The average Bonchev–Trinajstić information content (AvgIpc) is 4.11. The van der Waals surface area contributed by atoms with Gasteiger partial charge >= 0.3 is 11.9 Å². The van der Waals surface area contributed by atoms with Gasteiger partial charge < -0.3 is 33.5 Å². The van der Waals surface area contributed by atoms with E-state index >= 15 is 0 Å². The van der Waals surface area contributed by atoms with Gasteiger partial charge in [-0.05, 0) is 128 Å². The largest absolute Gasteiger partial charge is 0.496 e. The van der Waals surface area contributed by atoms with Crippen LogP contribution in [0.3, 0.4) is 0 Å². The number of halogens is 2. The maximum atomic E-state index is 13.2. The van der Waals surface area contributed by atoms with Gasteiger partial charge in [0.25, 0.3) is 0 Å². The molecule has 3 heterocycles. The van der Waals surface area contributed by atoms with Crippen LogP contribution in [0.15, 0.2) is 46.7 Å². The van der Waals surface area contributed by atoms with Crippen molar-refractivity contribution in [1.82, 2.24) is 4.90 Å². The van der Waals surface area contributed by atoms with Crippen LogP contribution < -0.4 is 9.47 Å². The van der Waals surface area contributed by atoms with Crippen molar-refractivity contribution in [2.45, 2.75) is 170 Å². The first kappa shape index (κ1) is 55.6. The number of nitrogens with zero attached hydrogens (tertiary/aromatic N) is 3. The fraction of sp³-hybridized carbons (Fsp3) is 0.642. The topological polar surface area (TPSA) is 153 Å². The number of allylic oxidation sites excluding steroid dienone is 1. The molecule has 0 radical (unpaired) electrons. The highest BCUT2D eigenvalue weighted by molar-refractivity contribution is 6.32. The Morgan fingerprint density at radius 1 is 0.754 bits per heavy atom. The molecule has 382 valence electrons. The van der Waals surface area contributed by atoms with Gasteiger partial charge in [0.05, 0.1) is 51.1 Å². The van der Waals surface area contributed by atoms with E-state index in [0.717, 1.165) is 71.5 Å². The van der Waals surface area contributed by atoms with E-state index in [0.29, 0.717) is 48.0 Å². The molecule has 1 saturated heterocycles. The molecule has 5 aliphatic rings. The van der Waals surface area contributed by atoms with Crippen LogP contribution in [0.2, 0.25) is 10.0 Å². The molecule has 2 saturated carbocycles. The molecule has 2 aromatic rings. The lowest BCUT2D eigenvalue weighted by atomic mass is 9.81. The van der Waals surface area contributed by atoms with Gasteiger partial charge in [-0.2, -0.15) is 0 Å². The SMILES string of the molecule is C=C1CC[C@H](C(=O)OC(C)(C)C)C1.COO[C@@H]1C[C@]2(CC(c3cc(Cl)c(C)cc3OC)=NO2)CN1C(=O)[C@@H](C)C(C)(C)C.COc1cc(C)c(Cl)cc1C1=NO[C@]2(CC[C@H](C(=O)OC(C)(C)C)C2)C1. The highest BCUT2D eigenvalue weighted by Gasteiger charge is 2.54. The van der Waals surface area contributed by atoms with Crippen molar-refractivity contribution < 1.29 is 52.8 Å². The Kier molecular flexibility index (Phi) is 17.7. The number of aryl methyl sites for hydroxylation is 2. The predicted molar refractivity (Wildman–Crippen MR) is 268 cm³/mol. The quantitative estimate of drug-likeness (QED) is 0.102.